The van der Waals surface area contributed by atoms with Crippen molar-refractivity contribution in [1.29, 1.82) is 0 Å². The van der Waals surface area contributed by atoms with Crippen LogP contribution in [0.15, 0.2) is 35.3 Å². The Hall–Kier alpha value is -3.22. The molecule has 0 bridgehead atoms. The second-order valence-electron chi connectivity index (χ2n) is 11.1. The highest BCUT2D eigenvalue weighted by molar-refractivity contribution is 7.24. The number of aromatic nitrogens is 3. The fourth-order valence-corrected chi connectivity index (χ4v) is 7.63. The molecule has 1 N–H and O–H groups in total. The standard InChI is InChI=1S/C27H29F2N7O2S/c1-33-11-16-13-35(14-17(16)12-33)26-31-10-18-22(37)21(24(38)30-7-9-34-8-6-27(28,29)15-34)25-36(23(18)32-26)19-4-2-3-5-20(19)39-25/h2-5,10,16-17H,6-9,11-15H2,1H3,(H,30,38). The molecular formula is C27H29F2N7O2S. The maximum Gasteiger partial charge on any atom is 0.261 e. The summed E-state index contributed by atoms with van der Waals surface area (Å²) in [7, 11) is 2.15. The fraction of sp³-hybridized carbons (Fsp3) is 0.481. The van der Waals surface area contributed by atoms with Crippen molar-refractivity contribution in [2.75, 3.05) is 64.3 Å². The summed E-state index contributed by atoms with van der Waals surface area (Å²) in [5, 5.41) is 3.07. The molecule has 3 fully saturated rings. The number of fused-ring (bicyclic) bond motifs is 6. The van der Waals surface area contributed by atoms with Crippen molar-refractivity contribution in [1.82, 2.24) is 29.5 Å². The average Bonchev–Trinajstić information content (AvgIpc) is 3.64. The van der Waals surface area contributed by atoms with Crippen LogP contribution in [0.25, 0.3) is 26.1 Å². The summed E-state index contributed by atoms with van der Waals surface area (Å²) in [6.07, 6.45) is 1.37. The Morgan fingerprint density at radius 3 is 2.69 bits per heavy atom. The molecular weight excluding hydrogens is 524 g/mol. The van der Waals surface area contributed by atoms with E-state index in [9.17, 15) is 18.4 Å². The third-order valence-corrected chi connectivity index (χ3v) is 9.46. The van der Waals surface area contributed by atoms with Gasteiger partial charge in [-0.15, -0.1) is 11.3 Å². The number of nitrogens with one attached hydrogen (secondary N) is 1. The highest BCUT2D eigenvalue weighted by atomic mass is 32.1. The summed E-state index contributed by atoms with van der Waals surface area (Å²) in [5.74, 6) is -1.44. The third kappa shape index (κ3) is 4.25. The van der Waals surface area contributed by atoms with Crippen molar-refractivity contribution < 1.29 is 13.6 Å². The first-order valence-electron chi connectivity index (χ1n) is 13.3. The molecule has 39 heavy (non-hydrogen) atoms. The highest BCUT2D eigenvalue weighted by Gasteiger charge is 2.40. The van der Waals surface area contributed by atoms with Crippen molar-refractivity contribution in [2.45, 2.75) is 12.3 Å². The molecule has 3 aromatic heterocycles. The first-order valence-corrected chi connectivity index (χ1v) is 14.1. The van der Waals surface area contributed by atoms with E-state index >= 15 is 0 Å². The lowest BCUT2D eigenvalue weighted by Gasteiger charge is -2.19. The first-order chi connectivity index (χ1) is 18.8. The second-order valence-corrected chi connectivity index (χ2v) is 12.1. The van der Waals surface area contributed by atoms with Gasteiger partial charge in [-0.05, 0) is 31.0 Å². The number of benzene rings is 1. The number of pyridine rings is 1. The molecule has 1 amide bonds. The molecule has 4 aromatic rings. The van der Waals surface area contributed by atoms with Crippen LogP contribution in [0, 0.1) is 11.8 Å². The molecule has 3 saturated heterocycles. The van der Waals surface area contributed by atoms with E-state index in [1.165, 1.54) is 11.3 Å². The van der Waals surface area contributed by atoms with Gasteiger partial charge in [0, 0.05) is 58.4 Å². The summed E-state index contributed by atoms with van der Waals surface area (Å²) >= 11 is 1.37. The van der Waals surface area contributed by atoms with E-state index in [2.05, 4.69) is 27.1 Å². The Kier molecular flexibility index (Phi) is 5.83. The van der Waals surface area contributed by atoms with Crippen LogP contribution in [-0.4, -0.2) is 95.4 Å². The zero-order chi connectivity index (χ0) is 26.9. The van der Waals surface area contributed by atoms with Gasteiger partial charge in [0.1, 0.15) is 10.4 Å². The number of hydrogen-bond acceptors (Lipinski definition) is 8. The lowest BCUT2D eigenvalue weighted by atomic mass is 10.0. The number of anilines is 1. The van der Waals surface area contributed by atoms with Gasteiger partial charge in [-0.25, -0.2) is 13.8 Å². The molecule has 7 rings (SSSR count). The summed E-state index contributed by atoms with van der Waals surface area (Å²) in [6.45, 7) is 4.34. The molecule has 1 aromatic carbocycles. The van der Waals surface area contributed by atoms with Gasteiger partial charge in [0.15, 0.2) is 5.65 Å². The number of nitrogens with zero attached hydrogens (tertiary/aromatic N) is 6. The summed E-state index contributed by atoms with van der Waals surface area (Å²) in [6, 6.07) is 7.75. The van der Waals surface area contributed by atoms with Crippen LogP contribution in [0.1, 0.15) is 16.8 Å². The predicted molar refractivity (Wildman–Crippen MR) is 147 cm³/mol. The van der Waals surface area contributed by atoms with Gasteiger partial charge in [0.25, 0.3) is 11.8 Å². The molecule has 2 atom stereocenters. The van der Waals surface area contributed by atoms with Crippen molar-refractivity contribution in [3.8, 4) is 0 Å². The maximum atomic E-state index is 13.7. The second kappa shape index (κ2) is 9.17. The Balaban J connectivity index is 1.26. The molecule has 6 heterocycles. The molecule has 3 aliphatic heterocycles. The normalized spacial score (nSPS) is 23.4. The average molecular weight is 554 g/mol. The highest BCUT2D eigenvalue weighted by Crippen LogP contribution is 2.34. The Bertz CT molecular complexity index is 1660. The maximum absolute atomic E-state index is 13.7. The van der Waals surface area contributed by atoms with Crippen molar-refractivity contribution in [3.05, 3.63) is 46.2 Å². The molecule has 204 valence electrons. The van der Waals surface area contributed by atoms with E-state index in [0.717, 1.165) is 36.4 Å². The van der Waals surface area contributed by atoms with E-state index in [1.54, 1.807) is 11.1 Å². The van der Waals surface area contributed by atoms with Gasteiger partial charge < -0.3 is 15.1 Å². The summed E-state index contributed by atoms with van der Waals surface area (Å²) < 4.78 is 29.9. The topological polar surface area (TPSA) is 86.1 Å². The quantitative estimate of drug-likeness (QED) is 0.407. The van der Waals surface area contributed by atoms with E-state index in [1.807, 2.05) is 28.7 Å². The summed E-state index contributed by atoms with van der Waals surface area (Å²) in [4.78, 5) is 43.3. The van der Waals surface area contributed by atoms with Crippen LogP contribution in [-0.2, 0) is 0 Å². The Labute approximate surface area is 227 Å². The molecule has 12 heteroatoms. The first kappa shape index (κ1) is 24.8. The SMILES string of the molecule is CN1CC2CN(c3ncc4c(=O)c(C(=O)NCCN5CCC(F)(F)C5)c5sc6ccccc6n5c4n3)CC2C1. The fourth-order valence-electron chi connectivity index (χ4n) is 6.44. The van der Waals surface area contributed by atoms with Crippen LogP contribution in [0.4, 0.5) is 14.7 Å². The van der Waals surface area contributed by atoms with Crippen molar-refractivity contribution in [3.63, 3.8) is 0 Å². The number of carbonyl (C=O) groups is 1. The Morgan fingerprint density at radius 2 is 1.95 bits per heavy atom. The molecule has 0 saturated carbocycles. The lowest BCUT2D eigenvalue weighted by Crippen LogP contribution is -2.37. The van der Waals surface area contributed by atoms with Crippen molar-refractivity contribution >= 4 is 49.3 Å². The smallest absolute Gasteiger partial charge is 0.261 e. The number of amides is 1. The van der Waals surface area contributed by atoms with Gasteiger partial charge in [-0.2, -0.15) is 4.98 Å². The van der Waals surface area contributed by atoms with E-state index in [-0.39, 0.29) is 37.0 Å². The number of rotatable bonds is 5. The minimum absolute atomic E-state index is 0.0329. The number of hydrogen-bond donors (Lipinski definition) is 1. The third-order valence-electron chi connectivity index (χ3n) is 8.31. The zero-order valence-corrected chi connectivity index (χ0v) is 22.4. The molecule has 9 nitrogen and oxygen atoms in total. The minimum Gasteiger partial charge on any atom is -0.351 e. The number of para-hydroxylation sites is 1. The van der Waals surface area contributed by atoms with Gasteiger partial charge >= 0.3 is 0 Å². The number of halogens is 2. The number of likely N-dealkylation sites (tertiary alicyclic amines) is 2. The molecule has 0 spiro atoms. The van der Waals surface area contributed by atoms with Crippen molar-refractivity contribution in [2.24, 2.45) is 11.8 Å². The molecule has 0 aliphatic carbocycles. The van der Waals surface area contributed by atoms with Crippen LogP contribution in [0.2, 0.25) is 0 Å². The van der Waals surface area contributed by atoms with Gasteiger partial charge in [0.2, 0.25) is 11.4 Å². The molecule has 2 unspecified atom stereocenters. The van der Waals surface area contributed by atoms with E-state index < -0.39 is 17.3 Å². The predicted octanol–water partition coefficient (Wildman–Crippen LogP) is 2.53. The van der Waals surface area contributed by atoms with E-state index in [4.69, 9.17) is 4.98 Å². The molecule has 3 aliphatic rings. The Morgan fingerprint density at radius 1 is 1.18 bits per heavy atom. The van der Waals surface area contributed by atoms with Gasteiger partial charge in [0.05, 0.1) is 22.1 Å². The zero-order valence-electron chi connectivity index (χ0n) is 21.6. The largest absolute Gasteiger partial charge is 0.351 e. The number of alkyl halides is 2. The monoisotopic (exact) mass is 553 g/mol. The van der Waals surface area contributed by atoms with Crippen LogP contribution in [0.5, 0.6) is 0 Å². The van der Waals surface area contributed by atoms with Crippen LogP contribution in [0.3, 0.4) is 0 Å². The number of thiazole rings is 1. The summed E-state index contributed by atoms with van der Waals surface area (Å²) in [5.41, 5.74) is 0.960. The molecule has 0 radical (unpaired) electrons. The van der Waals surface area contributed by atoms with Crippen LogP contribution < -0.4 is 15.6 Å². The minimum atomic E-state index is -2.69. The van der Waals surface area contributed by atoms with Gasteiger partial charge in [-0.1, -0.05) is 12.1 Å². The van der Waals surface area contributed by atoms with E-state index in [0.29, 0.717) is 34.8 Å². The van der Waals surface area contributed by atoms with Crippen LogP contribution >= 0.6 is 11.3 Å². The lowest BCUT2D eigenvalue weighted by molar-refractivity contribution is 0.0124. The van der Waals surface area contributed by atoms with Gasteiger partial charge in [-0.3, -0.25) is 18.9 Å². The number of carbonyl (C=O) groups excluding carboxylic acids is 1.